The molecule has 1 aliphatic heterocycles. The second kappa shape index (κ2) is 5.28. The Morgan fingerprint density at radius 1 is 1.35 bits per heavy atom. The first-order valence-corrected chi connectivity index (χ1v) is 8.12. The van der Waals surface area contributed by atoms with E-state index in [4.69, 9.17) is 4.52 Å². The normalized spacial score (nSPS) is 20.1. The van der Waals surface area contributed by atoms with E-state index in [9.17, 15) is 18.0 Å². The van der Waals surface area contributed by atoms with Crippen LogP contribution in [0.2, 0.25) is 0 Å². The molecule has 1 aliphatic rings. The molecule has 9 heteroatoms. The number of hydrogen-bond donors (Lipinski definition) is 1. The quantitative estimate of drug-likeness (QED) is 0.813. The van der Waals surface area contributed by atoms with E-state index in [1.807, 2.05) is 0 Å². The highest BCUT2D eigenvalue weighted by Gasteiger charge is 2.45. The average molecular weight is 335 g/mol. The highest BCUT2D eigenvalue weighted by Crippen LogP contribution is 2.29. The molecule has 1 N–H and O–H groups in total. The van der Waals surface area contributed by atoms with Crippen LogP contribution in [0.15, 0.2) is 39.8 Å². The summed E-state index contributed by atoms with van der Waals surface area (Å²) < 4.78 is 30.5. The first kappa shape index (κ1) is 15.4. The molecule has 23 heavy (non-hydrogen) atoms. The van der Waals surface area contributed by atoms with Gasteiger partial charge in [0, 0.05) is 18.7 Å². The highest BCUT2D eigenvalue weighted by atomic mass is 32.2. The third-order valence-corrected chi connectivity index (χ3v) is 5.43. The van der Waals surface area contributed by atoms with E-state index in [1.54, 1.807) is 13.0 Å². The lowest BCUT2D eigenvalue weighted by molar-refractivity contribution is -0.118. The first-order valence-electron chi connectivity index (χ1n) is 6.68. The Hall–Kier alpha value is -2.52. The van der Waals surface area contributed by atoms with Crippen molar-refractivity contribution in [3.8, 4) is 0 Å². The van der Waals surface area contributed by atoms with E-state index in [-0.39, 0.29) is 16.3 Å². The number of Topliss-reactive ketones (excluding diaryl/α,β-unsaturated/α-hetero) is 1. The number of carbonyl (C=O) groups is 2. The second-order valence-corrected chi connectivity index (χ2v) is 7.06. The van der Waals surface area contributed by atoms with Crippen LogP contribution < -0.4 is 5.32 Å². The minimum atomic E-state index is -3.93. The summed E-state index contributed by atoms with van der Waals surface area (Å²) in [5, 5.41) is 5.99. The lowest BCUT2D eigenvalue weighted by Gasteiger charge is -2.30. The fourth-order valence-corrected chi connectivity index (χ4v) is 3.88. The van der Waals surface area contributed by atoms with Gasteiger partial charge in [-0.15, -0.1) is 0 Å². The monoisotopic (exact) mass is 335 g/mol. The van der Waals surface area contributed by atoms with Crippen molar-refractivity contribution in [1.82, 2.24) is 9.46 Å². The molecule has 2 aromatic rings. The molecular formula is C14H13N3O5S. The Morgan fingerprint density at radius 2 is 2.04 bits per heavy atom. The number of ketones is 1. The molecule has 1 amide bonds. The minimum absolute atomic E-state index is 0.00193. The Kier molecular flexibility index (Phi) is 3.53. The van der Waals surface area contributed by atoms with Gasteiger partial charge in [0.2, 0.25) is 10.0 Å². The third kappa shape index (κ3) is 2.43. The molecule has 0 fully saturated rings. The summed E-state index contributed by atoms with van der Waals surface area (Å²) in [5.41, 5.74) is 0.00193. The molecule has 120 valence electrons. The maximum absolute atomic E-state index is 12.5. The number of aryl methyl sites for hydroxylation is 1. The van der Waals surface area contributed by atoms with E-state index >= 15 is 0 Å². The molecule has 0 saturated carbocycles. The standard InChI is InChI=1S/C14H13N3O5S/c1-8-7-11(16-22-8)15-14(19)12-13(18)9-5-3-4-6-10(9)23(20,21)17(12)2/h3-7,12H,1-2H3,(H,15,16,19)/t12-/m1/s1. The number of amides is 1. The van der Waals surface area contributed by atoms with E-state index < -0.39 is 27.8 Å². The van der Waals surface area contributed by atoms with Crippen molar-refractivity contribution in [1.29, 1.82) is 0 Å². The summed E-state index contributed by atoms with van der Waals surface area (Å²) in [6.45, 7) is 1.64. The summed E-state index contributed by atoms with van der Waals surface area (Å²) in [6, 6.07) is 5.78. The predicted molar refractivity (Wildman–Crippen MR) is 79.4 cm³/mol. The van der Waals surface area contributed by atoms with Crippen LogP contribution in [-0.4, -0.2) is 42.7 Å². The van der Waals surface area contributed by atoms with Crippen molar-refractivity contribution in [3.63, 3.8) is 0 Å². The number of benzene rings is 1. The van der Waals surface area contributed by atoms with Crippen LogP contribution >= 0.6 is 0 Å². The number of anilines is 1. The van der Waals surface area contributed by atoms with Crippen LogP contribution in [0.4, 0.5) is 5.82 Å². The molecule has 0 spiro atoms. The minimum Gasteiger partial charge on any atom is -0.360 e. The fraction of sp³-hybridized carbons (Fsp3) is 0.214. The number of rotatable bonds is 2. The van der Waals surface area contributed by atoms with E-state index in [0.29, 0.717) is 5.76 Å². The van der Waals surface area contributed by atoms with Gasteiger partial charge in [0.25, 0.3) is 5.91 Å². The van der Waals surface area contributed by atoms with E-state index in [0.717, 1.165) is 4.31 Å². The number of likely N-dealkylation sites (N-methyl/N-ethyl adjacent to an activating group) is 1. The largest absolute Gasteiger partial charge is 0.360 e. The molecule has 2 heterocycles. The number of hydrogen-bond acceptors (Lipinski definition) is 6. The average Bonchev–Trinajstić information content (AvgIpc) is 2.91. The summed E-state index contributed by atoms with van der Waals surface area (Å²) in [7, 11) is -2.73. The number of carbonyl (C=O) groups excluding carboxylic acids is 2. The van der Waals surface area contributed by atoms with E-state index in [2.05, 4.69) is 10.5 Å². The van der Waals surface area contributed by atoms with Crippen LogP contribution in [-0.2, 0) is 14.8 Å². The van der Waals surface area contributed by atoms with Crippen LogP contribution in [0.1, 0.15) is 16.1 Å². The second-order valence-electron chi connectivity index (χ2n) is 5.10. The van der Waals surface area contributed by atoms with Crippen LogP contribution in [0.3, 0.4) is 0 Å². The number of sulfonamides is 1. The first-order chi connectivity index (χ1) is 10.8. The molecule has 0 bridgehead atoms. The summed E-state index contributed by atoms with van der Waals surface area (Å²) >= 11 is 0. The number of nitrogens with one attached hydrogen (secondary N) is 1. The zero-order chi connectivity index (χ0) is 16.8. The molecule has 3 rings (SSSR count). The van der Waals surface area contributed by atoms with Gasteiger partial charge in [-0.05, 0) is 19.1 Å². The smallest absolute Gasteiger partial charge is 0.252 e. The van der Waals surface area contributed by atoms with Gasteiger partial charge >= 0.3 is 0 Å². The number of aromatic nitrogens is 1. The van der Waals surface area contributed by atoms with Gasteiger partial charge in [-0.25, -0.2) is 8.42 Å². The zero-order valence-electron chi connectivity index (χ0n) is 12.3. The molecule has 8 nitrogen and oxygen atoms in total. The molecule has 1 atom stereocenters. The van der Waals surface area contributed by atoms with Crippen LogP contribution in [0.25, 0.3) is 0 Å². The van der Waals surface area contributed by atoms with Gasteiger partial charge in [-0.3, -0.25) is 9.59 Å². The number of nitrogens with zero attached hydrogens (tertiary/aromatic N) is 2. The fourth-order valence-electron chi connectivity index (χ4n) is 2.41. The van der Waals surface area contributed by atoms with Crippen molar-refractivity contribution >= 4 is 27.5 Å². The third-order valence-electron chi connectivity index (χ3n) is 3.55. The summed E-state index contributed by atoms with van der Waals surface area (Å²) in [5.74, 6) is -0.786. The van der Waals surface area contributed by atoms with Gasteiger partial charge in [-0.1, -0.05) is 17.3 Å². The number of fused-ring (bicyclic) bond motifs is 1. The molecular weight excluding hydrogens is 322 g/mol. The predicted octanol–water partition coefficient (Wildman–Crippen LogP) is 0.807. The maximum Gasteiger partial charge on any atom is 0.252 e. The Bertz CT molecular complexity index is 903. The molecule has 0 radical (unpaired) electrons. The van der Waals surface area contributed by atoms with Crippen LogP contribution in [0, 0.1) is 6.92 Å². The SMILES string of the molecule is Cc1cc(NC(=O)[C@H]2C(=O)c3ccccc3S(=O)(=O)N2C)no1. The Balaban J connectivity index is 2.00. The molecule has 0 saturated heterocycles. The topological polar surface area (TPSA) is 110 Å². The Morgan fingerprint density at radius 3 is 2.70 bits per heavy atom. The van der Waals surface area contributed by atoms with Crippen LogP contribution in [0.5, 0.6) is 0 Å². The van der Waals surface area contributed by atoms with E-state index in [1.165, 1.54) is 31.3 Å². The van der Waals surface area contributed by atoms with Crippen molar-refractivity contribution in [2.45, 2.75) is 17.9 Å². The summed E-state index contributed by atoms with van der Waals surface area (Å²) in [4.78, 5) is 24.8. The lowest BCUT2D eigenvalue weighted by atomic mass is 10.0. The molecule has 0 unspecified atom stereocenters. The van der Waals surface area contributed by atoms with Crippen molar-refractivity contribution in [2.24, 2.45) is 0 Å². The lowest BCUT2D eigenvalue weighted by Crippen LogP contribution is -2.53. The molecule has 0 aliphatic carbocycles. The molecule has 1 aromatic carbocycles. The van der Waals surface area contributed by atoms with Gasteiger partial charge < -0.3 is 9.84 Å². The summed E-state index contributed by atoms with van der Waals surface area (Å²) in [6.07, 6.45) is 0. The highest BCUT2D eigenvalue weighted by molar-refractivity contribution is 7.89. The van der Waals surface area contributed by atoms with Crippen molar-refractivity contribution < 1.29 is 22.5 Å². The van der Waals surface area contributed by atoms with Crippen molar-refractivity contribution in [3.05, 3.63) is 41.7 Å². The molecule has 1 aromatic heterocycles. The van der Waals surface area contributed by atoms with Gasteiger partial charge in [0.15, 0.2) is 17.6 Å². The van der Waals surface area contributed by atoms with Gasteiger partial charge in [0.1, 0.15) is 5.76 Å². The van der Waals surface area contributed by atoms with Gasteiger partial charge in [-0.2, -0.15) is 4.31 Å². The van der Waals surface area contributed by atoms with Crippen molar-refractivity contribution in [2.75, 3.05) is 12.4 Å². The maximum atomic E-state index is 12.5. The Labute approximate surface area is 132 Å². The zero-order valence-corrected chi connectivity index (χ0v) is 13.1. The van der Waals surface area contributed by atoms with Gasteiger partial charge in [0.05, 0.1) is 4.90 Å².